The first-order chi connectivity index (χ1) is 7.49. The molecule has 2 nitrogen and oxygen atoms in total. The predicted molar refractivity (Wildman–Crippen MR) is 69.0 cm³/mol. The summed E-state index contributed by atoms with van der Waals surface area (Å²) in [5.41, 5.74) is 0.703. The second kappa shape index (κ2) is 6.33. The molecule has 0 bridgehead atoms. The van der Waals surface area contributed by atoms with Crippen molar-refractivity contribution in [1.82, 2.24) is 10.2 Å². The van der Waals surface area contributed by atoms with Gasteiger partial charge in [0.25, 0.3) is 0 Å². The lowest BCUT2D eigenvalue weighted by molar-refractivity contribution is 0.348. The van der Waals surface area contributed by atoms with Gasteiger partial charge < -0.3 is 10.2 Å². The van der Waals surface area contributed by atoms with Gasteiger partial charge in [0.2, 0.25) is 0 Å². The Hall–Kier alpha value is -0.450. The smallest absolute Gasteiger partial charge is 0.128 e. The Bertz CT molecular complexity index is 342. The minimum absolute atomic E-state index is 0.168. The molecule has 0 aromatic heterocycles. The summed E-state index contributed by atoms with van der Waals surface area (Å²) in [5, 5.41) is 3.29. The van der Waals surface area contributed by atoms with Crippen molar-refractivity contribution in [2.24, 2.45) is 0 Å². The summed E-state index contributed by atoms with van der Waals surface area (Å²) in [6, 6.07) is 5.50. The first kappa shape index (κ1) is 13.6. The molecule has 0 spiro atoms. The van der Waals surface area contributed by atoms with E-state index in [1.807, 2.05) is 20.2 Å². The van der Waals surface area contributed by atoms with Crippen molar-refractivity contribution in [2.45, 2.75) is 19.5 Å². The molecular weight excluding hydrogens is 271 g/mol. The van der Waals surface area contributed by atoms with E-state index in [2.05, 4.69) is 33.1 Å². The van der Waals surface area contributed by atoms with Gasteiger partial charge in [-0.05, 0) is 33.2 Å². The van der Waals surface area contributed by atoms with Crippen molar-refractivity contribution in [1.29, 1.82) is 0 Å². The van der Waals surface area contributed by atoms with Gasteiger partial charge in [0.1, 0.15) is 5.82 Å². The van der Waals surface area contributed by atoms with Crippen LogP contribution in [0.5, 0.6) is 0 Å². The van der Waals surface area contributed by atoms with Crippen LogP contribution < -0.4 is 5.32 Å². The van der Waals surface area contributed by atoms with Gasteiger partial charge in [-0.3, -0.25) is 0 Å². The van der Waals surface area contributed by atoms with Gasteiger partial charge in [-0.2, -0.15) is 0 Å². The molecule has 1 aromatic carbocycles. The summed E-state index contributed by atoms with van der Waals surface area (Å²) in [5.74, 6) is -0.168. The molecule has 0 radical (unpaired) electrons. The van der Waals surface area contributed by atoms with Gasteiger partial charge in [0.05, 0.1) is 0 Å². The van der Waals surface area contributed by atoms with Crippen LogP contribution in [-0.4, -0.2) is 31.6 Å². The highest BCUT2D eigenvalue weighted by Gasteiger charge is 2.06. The lowest BCUT2D eigenvalue weighted by Crippen LogP contribution is -2.35. The molecule has 0 fully saturated rings. The molecule has 1 aromatic rings. The van der Waals surface area contributed by atoms with E-state index in [9.17, 15) is 4.39 Å². The Kier molecular flexibility index (Phi) is 5.38. The first-order valence-electron chi connectivity index (χ1n) is 5.31. The van der Waals surface area contributed by atoms with Gasteiger partial charge in [0, 0.05) is 29.2 Å². The summed E-state index contributed by atoms with van der Waals surface area (Å²) in [6.07, 6.45) is 0. The van der Waals surface area contributed by atoms with E-state index in [0.717, 1.165) is 11.0 Å². The highest BCUT2D eigenvalue weighted by Crippen LogP contribution is 2.15. The quantitative estimate of drug-likeness (QED) is 0.896. The molecule has 1 unspecified atom stereocenters. The van der Waals surface area contributed by atoms with Crippen molar-refractivity contribution in [2.75, 3.05) is 20.6 Å². The second-order valence-corrected chi connectivity index (χ2v) is 5.20. The van der Waals surface area contributed by atoms with Crippen LogP contribution in [0.15, 0.2) is 22.7 Å². The molecule has 0 aliphatic rings. The third kappa shape index (κ3) is 4.60. The van der Waals surface area contributed by atoms with Crippen molar-refractivity contribution >= 4 is 15.9 Å². The Morgan fingerprint density at radius 1 is 1.44 bits per heavy atom. The maximum Gasteiger partial charge on any atom is 0.128 e. The van der Waals surface area contributed by atoms with Crippen LogP contribution in [0.2, 0.25) is 0 Å². The van der Waals surface area contributed by atoms with Crippen LogP contribution >= 0.6 is 15.9 Å². The number of hydrogen-bond donors (Lipinski definition) is 1. The van der Waals surface area contributed by atoms with Crippen LogP contribution in [-0.2, 0) is 6.54 Å². The van der Waals surface area contributed by atoms with Gasteiger partial charge in [-0.25, -0.2) is 4.39 Å². The summed E-state index contributed by atoms with van der Waals surface area (Å²) in [4.78, 5) is 2.11. The van der Waals surface area contributed by atoms with Crippen molar-refractivity contribution in [3.8, 4) is 0 Å². The normalized spacial score (nSPS) is 13.1. The fraction of sp³-hybridized carbons (Fsp3) is 0.500. The third-order valence-corrected chi connectivity index (χ3v) is 2.79. The maximum atomic E-state index is 13.5. The minimum Gasteiger partial charge on any atom is -0.309 e. The highest BCUT2D eigenvalue weighted by atomic mass is 79.9. The van der Waals surface area contributed by atoms with Crippen LogP contribution in [0, 0.1) is 5.82 Å². The average molecular weight is 289 g/mol. The van der Waals surface area contributed by atoms with Crippen molar-refractivity contribution < 1.29 is 4.39 Å². The number of halogens is 2. The molecule has 0 amide bonds. The predicted octanol–water partition coefficient (Wildman–Crippen LogP) is 2.63. The lowest BCUT2D eigenvalue weighted by Gasteiger charge is -2.18. The summed E-state index contributed by atoms with van der Waals surface area (Å²) < 4.78 is 14.3. The van der Waals surface area contributed by atoms with Gasteiger partial charge in [-0.1, -0.05) is 22.0 Å². The number of nitrogens with one attached hydrogen (secondary N) is 1. The van der Waals surface area contributed by atoms with Crippen LogP contribution in [0.4, 0.5) is 4.39 Å². The monoisotopic (exact) mass is 288 g/mol. The SMILES string of the molecule is CC(CN(C)C)NCc1ccc(Br)cc1F. The molecule has 90 valence electrons. The Morgan fingerprint density at radius 3 is 2.69 bits per heavy atom. The fourth-order valence-electron chi connectivity index (χ4n) is 1.56. The number of benzene rings is 1. The molecule has 0 saturated carbocycles. The highest BCUT2D eigenvalue weighted by molar-refractivity contribution is 9.10. The number of rotatable bonds is 5. The van der Waals surface area contributed by atoms with Gasteiger partial charge in [0.15, 0.2) is 0 Å². The maximum absolute atomic E-state index is 13.5. The minimum atomic E-state index is -0.168. The van der Waals surface area contributed by atoms with Crippen LogP contribution in [0.1, 0.15) is 12.5 Å². The molecule has 0 aliphatic carbocycles. The zero-order chi connectivity index (χ0) is 12.1. The van der Waals surface area contributed by atoms with Gasteiger partial charge >= 0.3 is 0 Å². The van der Waals surface area contributed by atoms with Gasteiger partial charge in [-0.15, -0.1) is 0 Å². The molecule has 0 aliphatic heterocycles. The Morgan fingerprint density at radius 2 is 2.12 bits per heavy atom. The number of nitrogens with zero attached hydrogens (tertiary/aromatic N) is 1. The molecule has 1 atom stereocenters. The zero-order valence-electron chi connectivity index (χ0n) is 9.93. The largest absolute Gasteiger partial charge is 0.309 e. The first-order valence-corrected chi connectivity index (χ1v) is 6.10. The lowest BCUT2D eigenvalue weighted by atomic mass is 10.2. The Balaban J connectivity index is 2.48. The van der Waals surface area contributed by atoms with Crippen LogP contribution in [0.25, 0.3) is 0 Å². The molecule has 0 saturated heterocycles. The van der Waals surface area contributed by atoms with E-state index >= 15 is 0 Å². The van der Waals surface area contributed by atoms with Crippen molar-refractivity contribution in [3.63, 3.8) is 0 Å². The summed E-state index contributed by atoms with van der Waals surface area (Å²) >= 11 is 3.24. The van der Waals surface area contributed by atoms with E-state index in [0.29, 0.717) is 18.2 Å². The summed E-state index contributed by atoms with van der Waals surface area (Å²) in [6.45, 7) is 3.60. The van der Waals surface area contributed by atoms with E-state index in [1.54, 1.807) is 6.07 Å². The Labute approximate surface area is 105 Å². The molecule has 1 rings (SSSR count). The molecule has 1 N–H and O–H groups in total. The van der Waals surface area contributed by atoms with E-state index in [1.165, 1.54) is 6.07 Å². The number of hydrogen-bond acceptors (Lipinski definition) is 2. The third-order valence-electron chi connectivity index (χ3n) is 2.30. The molecule has 0 heterocycles. The molecule has 16 heavy (non-hydrogen) atoms. The zero-order valence-corrected chi connectivity index (χ0v) is 11.5. The number of likely N-dealkylation sites (N-methyl/N-ethyl adjacent to an activating group) is 1. The van der Waals surface area contributed by atoms with E-state index in [4.69, 9.17) is 0 Å². The van der Waals surface area contributed by atoms with E-state index < -0.39 is 0 Å². The molecule has 4 heteroatoms. The van der Waals surface area contributed by atoms with Crippen molar-refractivity contribution in [3.05, 3.63) is 34.1 Å². The molecular formula is C12H18BrFN2. The topological polar surface area (TPSA) is 15.3 Å². The standard InChI is InChI=1S/C12H18BrFN2/c1-9(8-16(2)3)15-7-10-4-5-11(13)6-12(10)14/h4-6,9,15H,7-8H2,1-3H3. The average Bonchev–Trinajstić information content (AvgIpc) is 2.15. The second-order valence-electron chi connectivity index (χ2n) is 4.28. The fourth-order valence-corrected chi connectivity index (χ4v) is 1.89. The van der Waals surface area contributed by atoms with Crippen LogP contribution in [0.3, 0.4) is 0 Å². The summed E-state index contributed by atoms with van der Waals surface area (Å²) in [7, 11) is 4.05. The van der Waals surface area contributed by atoms with E-state index in [-0.39, 0.29) is 5.82 Å².